The fourth-order valence-corrected chi connectivity index (χ4v) is 2.51. The van der Waals surface area contributed by atoms with E-state index in [9.17, 15) is 9.59 Å². The first kappa shape index (κ1) is 15.7. The molecule has 0 aromatic carbocycles. The van der Waals surface area contributed by atoms with E-state index in [4.69, 9.17) is 9.15 Å². The van der Waals surface area contributed by atoms with Crippen LogP contribution in [0.1, 0.15) is 28.1 Å². The van der Waals surface area contributed by atoms with Gasteiger partial charge in [-0.1, -0.05) is 0 Å². The molecule has 2 rings (SSSR count). The molecule has 0 bridgehead atoms. The van der Waals surface area contributed by atoms with Gasteiger partial charge in [0.1, 0.15) is 5.76 Å². The SMILES string of the molecule is Cc1cc(=O)oc(C)c1C(=O)NCCCN1CCOCC1. The number of hydrogen-bond donors (Lipinski definition) is 1. The molecule has 0 radical (unpaired) electrons. The molecule has 116 valence electrons. The summed E-state index contributed by atoms with van der Waals surface area (Å²) in [5.41, 5.74) is 0.685. The molecule has 1 aliphatic rings. The van der Waals surface area contributed by atoms with Gasteiger partial charge < -0.3 is 14.5 Å². The quantitative estimate of drug-likeness (QED) is 0.810. The van der Waals surface area contributed by atoms with Gasteiger partial charge in [0.25, 0.3) is 5.91 Å². The van der Waals surface area contributed by atoms with Crippen LogP contribution in [0.2, 0.25) is 0 Å². The van der Waals surface area contributed by atoms with Gasteiger partial charge in [0, 0.05) is 25.7 Å². The first-order valence-corrected chi connectivity index (χ1v) is 7.27. The van der Waals surface area contributed by atoms with E-state index in [0.717, 1.165) is 39.3 Å². The molecule has 0 saturated carbocycles. The molecule has 1 aromatic heterocycles. The summed E-state index contributed by atoms with van der Waals surface area (Å²) in [6, 6.07) is 1.34. The monoisotopic (exact) mass is 294 g/mol. The Kier molecular flexibility index (Phi) is 5.52. The summed E-state index contributed by atoms with van der Waals surface area (Å²) in [6.07, 6.45) is 0.890. The lowest BCUT2D eigenvalue weighted by atomic mass is 10.1. The van der Waals surface area contributed by atoms with Crippen LogP contribution in [-0.2, 0) is 4.74 Å². The maximum atomic E-state index is 12.1. The molecular formula is C15H22N2O4. The molecule has 0 spiro atoms. The van der Waals surface area contributed by atoms with Gasteiger partial charge in [-0.15, -0.1) is 0 Å². The average Bonchev–Trinajstić information content (AvgIpc) is 2.43. The van der Waals surface area contributed by atoms with Crippen LogP contribution in [0.25, 0.3) is 0 Å². The summed E-state index contributed by atoms with van der Waals surface area (Å²) in [6.45, 7) is 8.41. The van der Waals surface area contributed by atoms with Crippen molar-refractivity contribution in [2.45, 2.75) is 20.3 Å². The Hall–Kier alpha value is -1.66. The van der Waals surface area contributed by atoms with E-state index in [0.29, 0.717) is 23.4 Å². The molecule has 0 unspecified atom stereocenters. The minimum absolute atomic E-state index is 0.185. The van der Waals surface area contributed by atoms with E-state index in [2.05, 4.69) is 10.2 Å². The van der Waals surface area contributed by atoms with Gasteiger partial charge >= 0.3 is 5.63 Å². The number of nitrogens with one attached hydrogen (secondary N) is 1. The molecule has 0 atom stereocenters. The van der Waals surface area contributed by atoms with Crippen molar-refractivity contribution in [3.8, 4) is 0 Å². The number of amides is 1. The molecule has 1 aromatic rings. The fourth-order valence-electron chi connectivity index (χ4n) is 2.51. The number of carbonyl (C=O) groups is 1. The van der Waals surface area contributed by atoms with E-state index in [1.165, 1.54) is 6.07 Å². The highest BCUT2D eigenvalue weighted by Crippen LogP contribution is 2.10. The predicted molar refractivity (Wildman–Crippen MR) is 78.7 cm³/mol. The van der Waals surface area contributed by atoms with E-state index in [1.807, 2.05) is 0 Å². The maximum Gasteiger partial charge on any atom is 0.336 e. The summed E-state index contributed by atoms with van der Waals surface area (Å²) in [5.74, 6) is 0.182. The average molecular weight is 294 g/mol. The molecule has 0 aliphatic carbocycles. The number of hydrogen-bond acceptors (Lipinski definition) is 5. The lowest BCUT2D eigenvalue weighted by Gasteiger charge is -2.26. The van der Waals surface area contributed by atoms with Crippen LogP contribution in [0.4, 0.5) is 0 Å². The molecule has 21 heavy (non-hydrogen) atoms. The summed E-state index contributed by atoms with van der Waals surface area (Å²) < 4.78 is 10.3. The van der Waals surface area contributed by atoms with Crippen molar-refractivity contribution >= 4 is 5.91 Å². The lowest BCUT2D eigenvalue weighted by Crippen LogP contribution is -2.38. The van der Waals surface area contributed by atoms with Crippen LogP contribution < -0.4 is 10.9 Å². The highest BCUT2D eigenvalue weighted by Gasteiger charge is 2.15. The summed E-state index contributed by atoms with van der Waals surface area (Å²) in [5, 5.41) is 2.88. The zero-order valence-electron chi connectivity index (χ0n) is 12.6. The second-order valence-corrected chi connectivity index (χ2v) is 5.24. The Labute approximate surface area is 124 Å². The molecule has 2 heterocycles. The van der Waals surface area contributed by atoms with E-state index < -0.39 is 5.63 Å². The number of carbonyl (C=O) groups excluding carboxylic acids is 1. The normalized spacial score (nSPS) is 15.9. The van der Waals surface area contributed by atoms with Crippen LogP contribution >= 0.6 is 0 Å². The van der Waals surface area contributed by atoms with E-state index in [-0.39, 0.29) is 5.91 Å². The number of rotatable bonds is 5. The third-order valence-electron chi connectivity index (χ3n) is 3.60. The van der Waals surface area contributed by atoms with Crippen LogP contribution in [0.5, 0.6) is 0 Å². The second-order valence-electron chi connectivity index (χ2n) is 5.24. The number of morpholine rings is 1. The highest BCUT2D eigenvalue weighted by atomic mass is 16.5. The minimum Gasteiger partial charge on any atom is -0.427 e. The van der Waals surface area contributed by atoms with Gasteiger partial charge in [0.05, 0.1) is 18.8 Å². The molecule has 1 fully saturated rings. The van der Waals surface area contributed by atoms with E-state index in [1.54, 1.807) is 13.8 Å². The number of ether oxygens (including phenoxy) is 1. The van der Waals surface area contributed by atoms with Gasteiger partial charge in [-0.05, 0) is 32.4 Å². The third kappa shape index (κ3) is 4.41. The first-order valence-electron chi connectivity index (χ1n) is 7.27. The van der Waals surface area contributed by atoms with Gasteiger partial charge in [-0.2, -0.15) is 0 Å². The molecule has 1 N–H and O–H groups in total. The smallest absolute Gasteiger partial charge is 0.336 e. The predicted octanol–water partition coefficient (Wildman–Crippen LogP) is 0.709. The largest absolute Gasteiger partial charge is 0.427 e. The van der Waals surface area contributed by atoms with Gasteiger partial charge in [-0.25, -0.2) is 4.79 Å². The molecule has 6 heteroatoms. The molecule has 1 aliphatic heterocycles. The highest BCUT2D eigenvalue weighted by molar-refractivity contribution is 5.96. The Bertz CT molecular complexity index is 521. The van der Waals surface area contributed by atoms with Crippen molar-refractivity contribution in [2.24, 2.45) is 0 Å². The maximum absolute atomic E-state index is 12.1. The van der Waals surface area contributed by atoms with Gasteiger partial charge in [0.15, 0.2) is 0 Å². The number of aryl methyl sites for hydroxylation is 2. The zero-order chi connectivity index (χ0) is 15.2. The summed E-state index contributed by atoms with van der Waals surface area (Å²) >= 11 is 0. The zero-order valence-corrected chi connectivity index (χ0v) is 12.6. The third-order valence-corrected chi connectivity index (χ3v) is 3.60. The van der Waals surface area contributed by atoms with E-state index >= 15 is 0 Å². The van der Waals surface area contributed by atoms with Crippen molar-refractivity contribution in [3.05, 3.63) is 33.4 Å². The molecule has 1 amide bonds. The van der Waals surface area contributed by atoms with Crippen molar-refractivity contribution in [2.75, 3.05) is 39.4 Å². The summed E-state index contributed by atoms with van der Waals surface area (Å²) in [4.78, 5) is 25.7. The fraction of sp³-hybridized carbons (Fsp3) is 0.600. The second kappa shape index (κ2) is 7.38. The number of nitrogens with zero attached hydrogens (tertiary/aromatic N) is 1. The topological polar surface area (TPSA) is 71.8 Å². The van der Waals surface area contributed by atoms with Crippen molar-refractivity contribution in [3.63, 3.8) is 0 Å². The molecule has 6 nitrogen and oxygen atoms in total. The lowest BCUT2D eigenvalue weighted by molar-refractivity contribution is 0.0374. The van der Waals surface area contributed by atoms with Crippen molar-refractivity contribution < 1.29 is 13.9 Å². The Morgan fingerprint density at radius 1 is 1.33 bits per heavy atom. The standard InChI is InChI=1S/C15H22N2O4/c1-11-10-13(18)21-12(2)14(11)15(19)16-4-3-5-17-6-8-20-9-7-17/h10H,3-9H2,1-2H3,(H,16,19). The Morgan fingerprint density at radius 2 is 2.05 bits per heavy atom. The van der Waals surface area contributed by atoms with Gasteiger partial charge in [-0.3, -0.25) is 9.69 Å². The van der Waals surface area contributed by atoms with Crippen LogP contribution in [0.15, 0.2) is 15.3 Å². The van der Waals surface area contributed by atoms with Crippen LogP contribution in [0, 0.1) is 13.8 Å². The summed E-state index contributed by atoms with van der Waals surface area (Å²) in [7, 11) is 0. The Morgan fingerprint density at radius 3 is 2.71 bits per heavy atom. The first-order chi connectivity index (χ1) is 10.1. The van der Waals surface area contributed by atoms with Gasteiger partial charge in [0.2, 0.25) is 0 Å². The van der Waals surface area contributed by atoms with Crippen molar-refractivity contribution in [1.29, 1.82) is 0 Å². The minimum atomic E-state index is -0.422. The molecule has 1 saturated heterocycles. The molecular weight excluding hydrogens is 272 g/mol. The van der Waals surface area contributed by atoms with Crippen LogP contribution in [0.3, 0.4) is 0 Å². The Balaban J connectivity index is 1.80. The van der Waals surface area contributed by atoms with Crippen LogP contribution in [-0.4, -0.2) is 50.2 Å². The van der Waals surface area contributed by atoms with Crippen molar-refractivity contribution in [1.82, 2.24) is 10.2 Å².